The Balaban J connectivity index is 2.29. The Morgan fingerprint density at radius 3 is 2.74 bits per heavy atom. The van der Waals surface area contributed by atoms with Crippen molar-refractivity contribution < 1.29 is 8.78 Å². The zero-order chi connectivity index (χ0) is 13.8. The van der Waals surface area contributed by atoms with E-state index < -0.39 is 5.82 Å². The van der Waals surface area contributed by atoms with E-state index in [1.807, 2.05) is 20.0 Å². The first-order chi connectivity index (χ1) is 9.11. The molecule has 0 radical (unpaired) electrons. The minimum atomic E-state index is -0.419. The van der Waals surface area contributed by atoms with E-state index in [0.717, 1.165) is 23.3 Å². The quantitative estimate of drug-likeness (QED) is 0.915. The average molecular weight is 262 g/mol. The molecule has 0 fully saturated rings. The van der Waals surface area contributed by atoms with E-state index >= 15 is 0 Å². The van der Waals surface area contributed by atoms with E-state index in [1.54, 1.807) is 12.4 Å². The summed E-state index contributed by atoms with van der Waals surface area (Å²) in [7, 11) is 1.81. The minimum Gasteiger partial charge on any atom is -0.313 e. The highest BCUT2D eigenvalue weighted by Crippen LogP contribution is 2.22. The SMILES string of the molecule is CNC(Cc1cc(F)ccc1F)c1ccncc1C. The summed E-state index contributed by atoms with van der Waals surface area (Å²) >= 11 is 0. The third-order valence-corrected chi connectivity index (χ3v) is 3.22. The van der Waals surface area contributed by atoms with Crippen molar-refractivity contribution in [3.63, 3.8) is 0 Å². The highest BCUT2D eigenvalue weighted by molar-refractivity contribution is 5.28. The molecule has 2 nitrogen and oxygen atoms in total. The molecule has 1 unspecified atom stereocenters. The first-order valence-electron chi connectivity index (χ1n) is 6.13. The van der Waals surface area contributed by atoms with Gasteiger partial charge in [-0.15, -0.1) is 0 Å². The number of hydrogen-bond acceptors (Lipinski definition) is 2. The van der Waals surface area contributed by atoms with Gasteiger partial charge < -0.3 is 5.32 Å². The summed E-state index contributed by atoms with van der Waals surface area (Å²) in [5.41, 5.74) is 2.44. The van der Waals surface area contributed by atoms with Crippen LogP contribution in [0, 0.1) is 18.6 Å². The molecule has 0 amide bonds. The zero-order valence-corrected chi connectivity index (χ0v) is 11.0. The molecule has 1 aromatic heterocycles. The summed E-state index contributed by atoms with van der Waals surface area (Å²) in [4.78, 5) is 4.04. The van der Waals surface area contributed by atoms with Gasteiger partial charge in [-0.3, -0.25) is 4.98 Å². The molecule has 0 saturated heterocycles. The van der Waals surface area contributed by atoms with Crippen molar-refractivity contribution >= 4 is 0 Å². The number of hydrogen-bond donors (Lipinski definition) is 1. The zero-order valence-electron chi connectivity index (χ0n) is 11.0. The van der Waals surface area contributed by atoms with Crippen LogP contribution < -0.4 is 5.32 Å². The highest BCUT2D eigenvalue weighted by atomic mass is 19.1. The normalized spacial score (nSPS) is 12.4. The monoisotopic (exact) mass is 262 g/mol. The largest absolute Gasteiger partial charge is 0.313 e. The maximum Gasteiger partial charge on any atom is 0.126 e. The van der Waals surface area contributed by atoms with Gasteiger partial charge in [-0.2, -0.15) is 0 Å². The van der Waals surface area contributed by atoms with Gasteiger partial charge in [-0.05, 0) is 61.3 Å². The van der Waals surface area contributed by atoms with Crippen LogP contribution in [0.2, 0.25) is 0 Å². The van der Waals surface area contributed by atoms with Crippen LogP contribution in [-0.4, -0.2) is 12.0 Å². The molecule has 0 aliphatic heterocycles. The van der Waals surface area contributed by atoms with Crippen molar-refractivity contribution in [2.24, 2.45) is 0 Å². The Morgan fingerprint density at radius 1 is 1.26 bits per heavy atom. The van der Waals surface area contributed by atoms with Crippen LogP contribution in [-0.2, 0) is 6.42 Å². The number of aryl methyl sites for hydroxylation is 1. The lowest BCUT2D eigenvalue weighted by molar-refractivity contribution is 0.542. The van der Waals surface area contributed by atoms with Crippen molar-refractivity contribution in [2.45, 2.75) is 19.4 Å². The molecule has 19 heavy (non-hydrogen) atoms. The smallest absolute Gasteiger partial charge is 0.126 e. The summed E-state index contributed by atoms with van der Waals surface area (Å²) in [6.45, 7) is 1.95. The molecule has 2 aromatic rings. The Kier molecular flexibility index (Phi) is 4.22. The molecule has 0 spiro atoms. The lowest BCUT2D eigenvalue weighted by atomic mass is 9.96. The Bertz CT molecular complexity index is 570. The van der Waals surface area contributed by atoms with Crippen molar-refractivity contribution in [3.05, 3.63) is 65.0 Å². The predicted molar refractivity (Wildman–Crippen MR) is 70.8 cm³/mol. The number of aromatic nitrogens is 1. The van der Waals surface area contributed by atoms with E-state index in [0.29, 0.717) is 12.0 Å². The Labute approximate surface area is 111 Å². The van der Waals surface area contributed by atoms with E-state index in [1.165, 1.54) is 6.07 Å². The second-order valence-corrected chi connectivity index (χ2v) is 4.51. The minimum absolute atomic E-state index is 0.0701. The number of nitrogens with one attached hydrogen (secondary N) is 1. The number of pyridine rings is 1. The molecule has 1 N–H and O–H groups in total. The summed E-state index contributed by atoms with van der Waals surface area (Å²) in [6.07, 6.45) is 3.86. The maximum atomic E-state index is 13.7. The van der Waals surface area contributed by atoms with Gasteiger partial charge in [0.25, 0.3) is 0 Å². The summed E-state index contributed by atoms with van der Waals surface area (Å²) in [5.74, 6) is -0.800. The Morgan fingerprint density at radius 2 is 2.05 bits per heavy atom. The van der Waals surface area contributed by atoms with Gasteiger partial charge >= 0.3 is 0 Å². The van der Waals surface area contributed by atoms with Crippen LogP contribution in [0.3, 0.4) is 0 Å². The molecule has 100 valence electrons. The molecule has 0 saturated carbocycles. The van der Waals surface area contributed by atoms with Crippen LogP contribution in [0.5, 0.6) is 0 Å². The molecule has 1 atom stereocenters. The number of benzene rings is 1. The molecule has 1 aromatic carbocycles. The Hall–Kier alpha value is -1.81. The summed E-state index contributed by atoms with van der Waals surface area (Å²) in [5, 5.41) is 3.14. The van der Waals surface area contributed by atoms with E-state index in [2.05, 4.69) is 10.3 Å². The van der Waals surface area contributed by atoms with E-state index in [4.69, 9.17) is 0 Å². The molecule has 0 aliphatic carbocycles. The van der Waals surface area contributed by atoms with Gasteiger partial charge in [0.05, 0.1) is 0 Å². The number of nitrogens with zero attached hydrogens (tertiary/aromatic N) is 1. The molecule has 1 heterocycles. The number of likely N-dealkylation sites (N-methyl/N-ethyl adjacent to an activating group) is 1. The predicted octanol–water partition coefficient (Wildman–Crippen LogP) is 3.17. The maximum absolute atomic E-state index is 13.7. The highest BCUT2D eigenvalue weighted by Gasteiger charge is 2.15. The van der Waals surface area contributed by atoms with E-state index in [-0.39, 0.29) is 11.9 Å². The van der Waals surface area contributed by atoms with Crippen LogP contribution in [0.1, 0.15) is 22.7 Å². The van der Waals surface area contributed by atoms with E-state index in [9.17, 15) is 8.78 Å². The third kappa shape index (κ3) is 3.15. The fourth-order valence-electron chi connectivity index (χ4n) is 2.16. The van der Waals surface area contributed by atoms with Crippen LogP contribution in [0.25, 0.3) is 0 Å². The average Bonchev–Trinajstić information content (AvgIpc) is 2.41. The van der Waals surface area contributed by atoms with Crippen LogP contribution >= 0.6 is 0 Å². The second kappa shape index (κ2) is 5.89. The van der Waals surface area contributed by atoms with Gasteiger partial charge in [0.15, 0.2) is 0 Å². The van der Waals surface area contributed by atoms with Gasteiger partial charge in [0.1, 0.15) is 11.6 Å². The molecular weight excluding hydrogens is 246 g/mol. The van der Waals surface area contributed by atoms with Crippen molar-refractivity contribution in [2.75, 3.05) is 7.05 Å². The molecule has 0 aliphatic rings. The van der Waals surface area contributed by atoms with Gasteiger partial charge in [0.2, 0.25) is 0 Å². The van der Waals surface area contributed by atoms with Crippen molar-refractivity contribution in [1.29, 1.82) is 0 Å². The first-order valence-corrected chi connectivity index (χ1v) is 6.13. The molecule has 4 heteroatoms. The molecular formula is C15H16F2N2. The summed E-state index contributed by atoms with van der Waals surface area (Å²) in [6, 6.07) is 5.37. The van der Waals surface area contributed by atoms with Crippen LogP contribution in [0.15, 0.2) is 36.7 Å². The lowest BCUT2D eigenvalue weighted by Crippen LogP contribution is -2.20. The lowest BCUT2D eigenvalue weighted by Gasteiger charge is -2.19. The summed E-state index contributed by atoms with van der Waals surface area (Å²) < 4.78 is 26.9. The first kappa shape index (κ1) is 13.6. The number of halogens is 2. The fourth-order valence-corrected chi connectivity index (χ4v) is 2.16. The molecule has 2 rings (SSSR count). The third-order valence-electron chi connectivity index (χ3n) is 3.22. The number of rotatable bonds is 4. The van der Waals surface area contributed by atoms with Crippen molar-refractivity contribution in [1.82, 2.24) is 10.3 Å². The van der Waals surface area contributed by atoms with Gasteiger partial charge in [-0.25, -0.2) is 8.78 Å². The second-order valence-electron chi connectivity index (χ2n) is 4.51. The van der Waals surface area contributed by atoms with Crippen molar-refractivity contribution in [3.8, 4) is 0 Å². The molecule has 0 bridgehead atoms. The van der Waals surface area contributed by atoms with Gasteiger partial charge in [-0.1, -0.05) is 0 Å². The topological polar surface area (TPSA) is 24.9 Å². The van der Waals surface area contributed by atoms with Crippen LogP contribution in [0.4, 0.5) is 8.78 Å². The fraction of sp³-hybridized carbons (Fsp3) is 0.267. The standard InChI is InChI=1S/C15H16F2N2/c1-10-9-19-6-5-13(10)15(18-2)8-11-7-12(16)3-4-14(11)17/h3-7,9,15,18H,8H2,1-2H3. The van der Waals surface area contributed by atoms with Gasteiger partial charge in [0, 0.05) is 18.4 Å².